The van der Waals surface area contributed by atoms with E-state index in [1.54, 1.807) is 6.07 Å². The van der Waals surface area contributed by atoms with Crippen LogP contribution in [0.4, 0.5) is 17.6 Å². The largest absolute Gasteiger partial charge is 0.483 e. The molecule has 0 N–H and O–H groups in total. The molecule has 1 aliphatic rings. The van der Waals surface area contributed by atoms with Gasteiger partial charge in [-0.2, -0.15) is 8.78 Å². The molecule has 0 unspecified atom stereocenters. The lowest BCUT2D eigenvalue weighted by molar-refractivity contribution is -0.288. The molecule has 11 nitrogen and oxygen atoms in total. The molecule has 5 atom stereocenters. The van der Waals surface area contributed by atoms with Gasteiger partial charge in [-0.05, 0) is 34.7 Å². The predicted molar refractivity (Wildman–Crippen MR) is 142 cm³/mol. The summed E-state index contributed by atoms with van der Waals surface area (Å²) in [5.74, 6) is -11.5. The van der Waals surface area contributed by atoms with Crippen LogP contribution in [0.2, 0.25) is 0 Å². The molecule has 1 saturated heterocycles. The van der Waals surface area contributed by atoms with E-state index < -0.39 is 96.8 Å². The van der Waals surface area contributed by atoms with Crippen LogP contribution in [0.25, 0.3) is 0 Å². The highest BCUT2D eigenvalue weighted by Crippen LogP contribution is 2.34. The number of benzene rings is 2. The van der Waals surface area contributed by atoms with Crippen molar-refractivity contribution in [2.45, 2.75) is 65.0 Å². The van der Waals surface area contributed by atoms with E-state index in [1.807, 2.05) is 22.6 Å². The molecule has 2 aromatic carbocycles. The number of hydrogen-bond acceptors (Lipinski definition) is 11. The molecule has 0 aliphatic carbocycles. The van der Waals surface area contributed by atoms with Gasteiger partial charge >= 0.3 is 23.9 Å². The van der Waals surface area contributed by atoms with Crippen LogP contribution in [0.3, 0.4) is 0 Å². The monoisotopic (exact) mass is 728 g/mol. The van der Waals surface area contributed by atoms with Crippen molar-refractivity contribution in [2.24, 2.45) is 0 Å². The average Bonchev–Trinajstić information content (AvgIpc) is 2.90. The molecule has 0 aromatic heterocycles. The van der Waals surface area contributed by atoms with Gasteiger partial charge < -0.3 is 33.2 Å². The van der Waals surface area contributed by atoms with Gasteiger partial charge in [-0.15, -0.1) is 0 Å². The maximum Gasteiger partial charge on any atom is 0.303 e. The Morgan fingerprint density at radius 2 is 1.35 bits per heavy atom. The smallest absolute Gasteiger partial charge is 0.303 e. The zero-order chi connectivity index (χ0) is 32.0. The third-order valence-corrected chi connectivity index (χ3v) is 6.34. The SMILES string of the molecule is CC(=O)OC[C@H]1O[C@@H](Oc2cc(I)ccc2COc2c(F)c(F)cc(F)c2F)[C@H](OC(C)=O)[C@@H](OC(C)=O)[C@H]1OC(C)=O. The molecular formula is C27H25F4IO11. The van der Waals surface area contributed by atoms with Gasteiger partial charge in [-0.25, -0.2) is 8.78 Å². The van der Waals surface area contributed by atoms with Crippen molar-refractivity contribution in [3.8, 4) is 11.5 Å². The number of carbonyl (C=O) groups excluding carboxylic acids is 4. The maximum absolute atomic E-state index is 14.2. The van der Waals surface area contributed by atoms with E-state index in [2.05, 4.69) is 0 Å². The molecule has 0 spiro atoms. The van der Waals surface area contributed by atoms with Crippen LogP contribution in [-0.4, -0.2) is 61.2 Å². The second-order valence-corrected chi connectivity index (χ2v) is 10.3. The summed E-state index contributed by atoms with van der Waals surface area (Å²) in [4.78, 5) is 47.5. The van der Waals surface area contributed by atoms with Crippen LogP contribution in [-0.2, 0) is 49.5 Å². The van der Waals surface area contributed by atoms with Crippen LogP contribution in [0.1, 0.15) is 33.3 Å². The Hall–Kier alpha value is -3.67. The van der Waals surface area contributed by atoms with E-state index >= 15 is 0 Å². The van der Waals surface area contributed by atoms with Crippen LogP contribution < -0.4 is 9.47 Å². The summed E-state index contributed by atoms with van der Waals surface area (Å²) < 4.78 is 94.3. The molecule has 0 amide bonds. The summed E-state index contributed by atoms with van der Waals surface area (Å²) in [7, 11) is 0. The summed E-state index contributed by atoms with van der Waals surface area (Å²) in [5.41, 5.74) is 0.0803. The average molecular weight is 728 g/mol. The van der Waals surface area contributed by atoms with Crippen molar-refractivity contribution in [1.29, 1.82) is 0 Å². The highest BCUT2D eigenvalue weighted by atomic mass is 127. The van der Waals surface area contributed by atoms with Crippen molar-refractivity contribution < 1.29 is 69.9 Å². The summed E-state index contributed by atoms with van der Waals surface area (Å²) in [6.45, 7) is 3.07. The molecule has 0 saturated carbocycles. The molecule has 1 heterocycles. The Balaban J connectivity index is 2.02. The number of ether oxygens (including phenoxy) is 7. The first kappa shape index (κ1) is 33.8. The Kier molecular flexibility index (Phi) is 11.5. The second-order valence-electron chi connectivity index (χ2n) is 9.02. The van der Waals surface area contributed by atoms with E-state index in [0.29, 0.717) is 3.57 Å². The zero-order valence-electron chi connectivity index (χ0n) is 23.0. The normalized spacial score (nSPS) is 21.4. The van der Waals surface area contributed by atoms with Gasteiger partial charge in [-0.3, -0.25) is 19.2 Å². The Labute approximate surface area is 255 Å². The van der Waals surface area contributed by atoms with Crippen LogP contribution in [0.15, 0.2) is 24.3 Å². The zero-order valence-corrected chi connectivity index (χ0v) is 25.1. The van der Waals surface area contributed by atoms with E-state index in [4.69, 9.17) is 33.2 Å². The van der Waals surface area contributed by atoms with Gasteiger partial charge in [0.25, 0.3) is 0 Å². The first-order chi connectivity index (χ1) is 20.2. The van der Waals surface area contributed by atoms with E-state index in [0.717, 1.165) is 27.7 Å². The minimum absolute atomic E-state index is 0.0291. The molecule has 0 bridgehead atoms. The Morgan fingerprint density at radius 1 is 0.791 bits per heavy atom. The van der Waals surface area contributed by atoms with Gasteiger partial charge in [-0.1, -0.05) is 6.07 Å². The molecule has 1 aliphatic heterocycles. The lowest BCUT2D eigenvalue weighted by Gasteiger charge is -2.44. The van der Waals surface area contributed by atoms with Gasteiger partial charge in [0.1, 0.15) is 25.1 Å². The summed E-state index contributed by atoms with van der Waals surface area (Å²) >= 11 is 1.91. The van der Waals surface area contributed by atoms with Gasteiger partial charge in [0.05, 0.1) is 0 Å². The highest BCUT2D eigenvalue weighted by molar-refractivity contribution is 14.1. The third kappa shape index (κ3) is 8.92. The molecule has 43 heavy (non-hydrogen) atoms. The van der Waals surface area contributed by atoms with E-state index in [9.17, 15) is 36.7 Å². The van der Waals surface area contributed by atoms with E-state index in [1.165, 1.54) is 12.1 Å². The molecular weight excluding hydrogens is 703 g/mol. The minimum Gasteiger partial charge on any atom is -0.483 e. The predicted octanol–water partition coefficient (Wildman–Crippen LogP) is 3.89. The number of rotatable bonds is 10. The third-order valence-electron chi connectivity index (χ3n) is 5.66. The molecule has 0 radical (unpaired) electrons. The quantitative estimate of drug-likeness (QED) is 0.116. The van der Waals surface area contributed by atoms with Crippen LogP contribution in [0.5, 0.6) is 11.5 Å². The maximum atomic E-state index is 14.2. The number of hydrogen-bond donors (Lipinski definition) is 0. The van der Waals surface area contributed by atoms with Crippen molar-refractivity contribution >= 4 is 46.5 Å². The summed E-state index contributed by atoms with van der Waals surface area (Å²) in [5, 5.41) is 0. The lowest BCUT2D eigenvalue weighted by atomic mass is 9.98. The molecule has 3 rings (SSSR count). The summed E-state index contributed by atoms with van der Waals surface area (Å²) in [6.07, 6.45) is -7.46. The molecule has 1 fully saturated rings. The van der Waals surface area contributed by atoms with Gasteiger partial charge in [0.2, 0.25) is 24.0 Å². The topological polar surface area (TPSA) is 133 Å². The molecule has 234 valence electrons. The standard InChI is InChI=1S/C27H25F4IO11/c1-11(33)37-10-20-23(39-12(2)34)25(40-13(3)35)26(41-14(4)36)27(43-20)42-19-7-16(32)6-5-15(19)9-38-24-21(30)17(28)8-18(29)22(24)31/h5-8,20,23,25-27H,9-10H2,1-4H3/t20-,23+,25+,26-,27-/m1/s1. The van der Waals surface area contributed by atoms with Crippen molar-refractivity contribution in [1.82, 2.24) is 0 Å². The van der Waals surface area contributed by atoms with Gasteiger partial charge in [0, 0.05) is 42.9 Å². The molecule has 16 heteroatoms. The number of esters is 4. The minimum atomic E-state index is -1.76. The van der Waals surface area contributed by atoms with Gasteiger partial charge in [0.15, 0.2) is 29.6 Å². The van der Waals surface area contributed by atoms with Crippen LogP contribution in [0, 0.1) is 26.8 Å². The number of halogens is 5. The van der Waals surface area contributed by atoms with Crippen molar-refractivity contribution in [3.63, 3.8) is 0 Å². The second kappa shape index (κ2) is 14.7. The van der Waals surface area contributed by atoms with Crippen LogP contribution >= 0.6 is 22.6 Å². The lowest BCUT2D eigenvalue weighted by Crippen LogP contribution is -2.63. The molecule has 2 aromatic rings. The highest BCUT2D eigenvalue weighted by Gasteiger charge is 2.53. The van der Waals surface area contributed by atoms with Crippen molar-refractivity contribution in [3.05, 3.63) is 56.7 Å². The number of carbonyl (C=O) groups is 4. The van der Waals surface area contributed by atoms with Crippen molar-refractivity contribution in [2.75, 3.05) is 6.61 Å². The Morgan fingerprint density at radius 3 is 1.91 bits per heavy atom. The van der Waals surface area contributed by atoms with E-state index in [-0.39, 0.29) is 17.4 Å². The fourth-order valence-corrected chi connectivity index (χ4v) is 4.46. The Bertz CT molecular complexity index is 1360. The fraction of sp³-hybridized carbons (Fsp3) is 0.407. The first-order valence-corrected chi connectivity index (χ1v) is 13.5. The first-order valence-electron chi connectivity index (χ1n) is 12.4. The summed E-state index contributed by atoms with van der Waals surface area (Å²) in [6, 6.07) is 4.42. The fourth-order valence-electron chi connectivity index (χ4n) is 3.99.